The fourth-order valence-electron chi connectivity index (χ4n) is 3.21. The molecular formula is C19H35N7O5. The Hall–Kier alpha value is -2.89. The van der Waals surface area contributed by atoms with Gasteiger partial charge in [0.1, 0.15) is 18.6 Å². The van der Waals surface area contributed by atoms with Gasteiger partial charge in [-0.25, -0.2) is 0 Å². The number of carbonyl (C=O) groups excluding carboxylic acids is 3. The van der Waals surface area contributed by atoms with Crippen LogP contribution < -0.4 is 32.7 Å². The van der Waals surface area contributed by atoms with Crippen molar-refractivity contribution < 1.29 is 24.3 Å². The van der Waals surface area contributed by atoms with Crippen LogP contribution in [0.4, 0.5) is 0 Å². The highest BCUT2D eigenvalue weighted by Gasteiger charge is 2.30. The summed E-state index contributed by atoms with van der Waals surface area (Å²) < 4.78 is 0. The van der Waals surface area contributed by atoms with Gasteiger partial charge in [0.25, 0.3) is 0 Å². The summed E-state index contributed by atoms with van der Waals surface area (Å²) in [7, 11) is 0. The number of aliphatic imine (C=N–C) groups is 1. The number of nitrogens with zero attached hydrogens (tertiary/aromatic N) is 1. The molecule has 1 aliphatic heterocycles. The molecule has 3 amide bonds. The van der Waals surface area contributed by atoms with E-state index in [9.17, 15) is 19.2 Å². The summed E-state index contributed by atoms with van der Waals surface area (Å²) in [6, 6.07) is -2.17. The van der Waals surface area contributed by atoms with Gasteiger partial charge in [0.15, 0.2) is 5.96 Å². The van der Waals surface area contributed by atoms with Crippen molar-refractivity contribution >= 4 is 29.7 Å². The summed E-state index contributed by atoms with van der Waals surface area (Å²) in [5.74, 6) is -2.57. The number of rotatable bonds is 13. The van der Waals surface area contributed by atoms with Crippen LogP contribution >= 0.6 is 0 Å². The van der Waals surface area contributed by atoms with E-state index < -0.39 is 36.4 Å². The number of amides is 3. The molecule has 9 N–H and O–H groups in total. The first kappa shape index (κ1) is 26.1. The van der Waals surface area contributed by atoms with E-state index in [1.165, 1.54) is 0 Å². The van der Waals surface area contributed by atoms with Crippen LogP contribution in [0.25, 0.3) is 0 Å². The zero-order valence-electron chi connectivity index (χ0n) is 18.1. The number of nitrogens with one attached hydrogen (secondary N) is 4. The highest BCUT2D eigenvalue weighted by molar-refractivity contribution is 5.93. The number of nitrogens with two attached hydrogens (primary N) is 2. The monoisotopic (exact) mass is 441 g/mol. The Labute approximate surface area is 182 Å². The van der Waals surface area contributed by atoms with Gasteiger partial charge < -0.3 is 37.8 Å². The maximum atomic E-state index is 12.9. The molecule has 0 aromatic heterocycles. The summed E-state index contributed by atoms with van der Waals surface area (Å²) in [5.41, 5.74) is 10.6. The fraction of sp³-hybridized carbons (Fsp3) is 0.737. The minimum Gasteiger partial charge on any atom is -0.480 e. The predicted molar refractivity (Wildman–Crippen MR) is 115 cm³/mol. The minimum absolute atomic E-state index is 0.0627. The number of carbonyl (C=O) groups is 4. The molecule has 1 saturated heterocycles. The molecule has 3 atom stereocenters. The SMILES string of the molecule is CC(C)CC(NC(=O)C(CCCN=C(N)N)NC(=O)C1CCCN1)C(=O)NCC(=O)O. The lowest BCUT2D eigenvalue weighted by atomic mass is 10.0. The van der Waals surface area contributed by atoms with Gasteiger partial charge in [-0.2, -0.15) is 0 Å². The quantitative estimate of drug-likeness (QED) is 0.0966. The van der Waals surface area contributed by atoms with Crippen molar-refractivity contribution in [3.05, 3.63) is 0 Å². The summed E-state index contributed by atoms with van der Waals surface area (Å²) >= 11 is 0. The number of aliphatic carboxylic acids is 1. The third kappa shape index (κ3) is 10.6. The molecule has 0 aromatic rings. The molecule has 0 aromatic carbocycles. The highest BCUT2D eigenvalue weighted by Crippen LogP contribution is 2.09. The van der Waals surface area contributed by atoms with Gasteiger partial charge in [-0.05, 0) is 44.6 Å². The second-order valence-corrected chi connectivity index (χ2v) is 7.96. The normalized spacial score (nSPS) is 17.5. The Morgan fingerprint density at radius 1 is 1.13 bits per heavy atom. The molecule has 1 fully saturated rings. The van der Waals surface area contributed by atoms with Crippen LogP contribution in [-0.4, -0.2) is 72.5 Å². The van der Waals surface area contributed by atoms with Crippen LogP contribution in [0.2, 0.25) is 0 Å². The molecule has 1 aliphatic rings. The van der Waals surface area contributed by atoms with E-state index in [0.717, 1.165) is 13.0 Å². The number of carboxylic acids is 1. The van der Waals surface area contributed by atoms with Crippen molar-refractivity contribution in [3.63, 3.8) is 0 Å². The molecule has 3 unspecified atom stereocenters. The first-order chi connectivity index (χ1) is 14.6. The topological polar surface area (TPSA) is 201 Å². The van der Waals surface area contributed by atoms with Gasteiger partial charge in [-0.15, -0.1) is 0 Å². The molecule has 1 rings (SSSR count). The van der Waals surface area contributed by atoms with E-state index in [4.69, 9.17) is 16.6 Å². The Bertz CT molecular complexity index is 658. The molecule has 176 valence electrons. The van der Waals surface area contributed by atoms with Crippen molar-refractivity contribution in [1.29, 1.82) is 0 Å². The third-order valence-corrected chi connectivity index (χ3v) is 4.71. The maximum absolute atomic E-state index is 12.9. The average molecular weight is 442 g/mol. The second-order valence-electron chi connectivity index (χ2n) is 7.96. The zero-order chi connectivity index (χ0) is 23.4. The van der Waals surface area contributed by atoms with Crippen LogP contribution in [0.3, 0.4) is 0 Å². The van der Waals surface area contributed by atoms with Crippen LogP contribution in [0.1, 0.15) is 46.0 Å². The van der Waals surface area contributed by atoms with E-state index in [0.29, 0.717) is 19.3 Å². The van der Waals surface area contributed by atoms with E-state index in [1.807, 2.05) is 13.8 Å². The molecule has 0 bridgehead atoms. The van der Waals surface area contributed by atoms with Crippen LogP contribution in [0.5, 0.6) is 0 Å². The molecule has 0 radical (unpaired) electrons. The maximum Gasteiger partial charge on any atom is 0.322 e. The third-order valence-electron chi connectivity index (χ3n) is 4.71. The van der Waals surface area contributed by atoms with Gasteiger partial charge >= 0.3 is 5.97 Å². The molecule has 0 saturated carbocycles. The van der Waals surface area contributed by atoms with E-state index in [1.54, 1.807) is 0 Å². The molecule has 12 nitrogen and oxygen atoms in total. The number of hydrogen-bond donors (Lipinski definition) is 7. The van der Waals surface area contributed by atoms with Crippen molar-refractivity contribution in [2.24, 2.45) is 22.4 Å². The van der Waals surface area contributed by atoms with Crippen molar-refractivity contribution in [3.8, 4) is 0 Å². The van der Waals surface area contributed by atoms with Crippen LogP contribution in [-0.2, 0) is 19.2 Å². The Kier molecular flexibility index (Phi) is 11.3. The number of guanidine groups is 1. The highest BCUT2D eigenvalue weighted by atomic mass is 16.4. The van der Waals surface area contributed by atoms with E-state index in [-0.39, 0.29) is 36.8 Å². The first-order valence-electron chi connectivity index (χ1n) is 10.5. The summed E-state index contributed by atoms with van der Waals surface area (Å²) in [6.07, 6.45) is 2.58. The average Bonchev–Trinajstić information content (AvgIpc) is 3.22. The Balaban J connectivity index is 2.83. The molecular weight excluding hydrogens is 406 g/mol. The fourth-order valence-corrected chi connectivity index (χ4v) is 3.21. The molecule has 1 heterocycles. The van der Waals surface area contributed by atoms with Crippen LogP contribution in [0, 0.1) is 5.92 Å². The zero-order valence-corrected chi connectivity index (χ0v) is 18.1. The molecule has 0 aliphatic carbocycles. The number of carboxylic acid groups (broad SMARTS) is 1. The van der Waals surface area contributed by atoms with Gasteiger partial charge in [-0.3, -0.25) is 24.2 Å². The summed E-state index contributed by atoms with van der Waals surface area (Å²) in [4.78, 5) is 52.4. The van der Waals surface area contributed by atoms with Gasteiger partial charge in [0.05, 0.1) is 6.04 Å². The lowest BCUT2D eigenvalue weighted by Crippen LogP contribution is -2.56. The minimum atomic E-state index is -1.18. The lowest BCUT2D eigenvalue weighted by Gasteiger charge is -2.25. The van der Waals surface area contributed by atoms with Crippen molar-refractivity contribution in [2.45, 2.75) is 64.1 Å². The number of hydrogen-bond acceptors (Lipinski definition) is 6. The van der Waals surface area contributed by atoms with E-state index in [2.05, 4.69) is 26.3 Å². The van der Waals surface area contributed by atoms with Gasteiger partial charge in [0.2, 0.25) is 17.7 Å². The van der Waals surface area contributed by atoms with Crippen molar-refractivity contribution in [2.75, 3.05) is 19.6 Å². The second kappa shape index (κ2) is 13.4. The van der Waals surface area contributed by atoms with Crippen molar-refractivity contribution in [1.82, 2.24) is 21.3 Å². The molecule has 12 heteroatoms. The summed E-state index contributed by atoms with van der Waals surface area (Å²) in [6.45, 7) is 4.24. The smallest absolute Gasteiger partial charge is 0.322 e. The summed E-state index contributed by atoms with van der Waals surface area (Å²) in [5, 5.41) is 19.5. The predicted octanol–water partition coefficient (Wildman–Crippen LogP) is -1.99. The lowest BCUT2D eigenvalue weighted by molar-refractivity contribution is -0.138. The van der Waals surface area contributed by atoms with E-state index >= 15 is 0 Å². The molecule has 31 heavy (non-hydrogen) atoms. The Morgan fingerprint density at radius 3 is 2.39 bits per heavy atom. The first-order valence-corrected chi connectivity index (χ1v) is 10.5. The molecule has 0 spiro atoms. The van der Waals surface area contributed by atoms with Gasteiger partial charge in [0, 0.05) is 6.54 Å². The largest absolute Gasteiger partial charge is 0.480 e. The standard InChI is InChI=1S/C19H35N7O5/c1-11(2)9-14(16(29)24-10-15(27)28)26-18(31)13(6-4-8-23-19(20)21)25-17(30)12-5-3-7-22-12/h11-14,22H,3-10H2,1-2H3,(H,24,29)(H,25,30)(H,26,31)(H,27,28)(H4,20,21,23). The Morgan fingerprint density at radius 2 is 1.84 bits per heavy atom. The van der Waals surface area contributed by atoms with Gasteiger partial charge in [-0.1, -0.05) is 13.8 Å². The van der Waals surface area contributed by atoms with Crippen LogP contribution in [0.15, 0.2) is 4.99 Å².